The van der Waals surface area contributed by atoms with E-state index in [0.717, 1.165) is 12.1 Å². The Balaban J connectivity index is 3.07. The molecule has 0 heterocycles. The topological polar surface area (TPSA) is 57.5 Å². The summed E-state index contributed by atoms with van der Waals surface area (Å²) < 4.78 is 51.6. The van der Waals surface area contributed by atoms with E-state index in [1.165, 1.54) is 6.92 Å². The summed E-state index contributed by atoms with van der Waals surface area (Å²) in [6.45, 7) is 1.22. The van der Waals surface area contributed by atoms with E-state index in [2.05, 4.69) is 0 Å². The Morgan fingerprint density at radius 3 is 2.45 bits per heavy atom. The summed E-state index contributed by atoms with van der Waals surface area (Å²) in [6, 6.07) is 2.52. The SMILES string of the molecule is CC(=O)SCC(O)C(O)c1cccc(F)c1C(F)(F)F. The molecule has 2 atom stereocenters. The molecule has 0 bridgehead atoms. The first kappa shape index (κ1) is 16.9. The van der Waals surface area contributed by atoms with Gasteiger partial charge in [0.1, 0.15) is 11.9 Å². The van der Waals surface area contributed by atoms with Gasteiger partial charge in [-0.25, -0.2) is 4.39 Å². The molecule has 2 unspecified atom stereocenters. The Bertz CT molecular complexity index is 490. The number of halogens is 4. The van der Waals surface area contributed by atoms with E-state index in [0.29, 0.717) is 17.8 Å². The van der Waals surface area contributed by atoms with Crippen LogP contribution < -0.4 is 0 Å². The Labute approximate surface area is 116 Å². The van der Waals surface area contributed by atoms with Gasteiger partial charge < -0.3 is 10.2 Å². The van der Waals surface area contributed by atoms with Crippen LogP contribution in [0.15, 0.2) is 18.2 Å². The van der Waals surface area contributed by atoms with Crippen LogP contribution in [0.5, 0.6) is 0 Å². The van der Waals surface area contributed by atoms with Crippen molar-refractivity contribution in [3.63, 3.8) is 0 Å². The van der Waals surface area contributed by atoms with E-state index in [-0.39, 0.29) is 10.9 Å². The van der Waals surface area contributed by atoms with E-state index in [1.807, 2.05) is 0 Å². The van der Waals surface area contributed by atoms with Crippen LogP contribution in [0.4, 0.5) is 17.6 Å². The minimum atomic E-state index is -4.99. The number of hydrogen-bond donors (Lipinski definition) is 2. The van der Waals surface area contributed by atoms with Gasteiger partial charge in [0, 0.05) is 12.7 Å². The van der Waals surface area contributed by atoms with Gasteiger partial charge in [0.25, 0.3) is 0 Å². The van der Waals surface area contributed by atoms with E-state index < -0.39 is 35.3 Å². The van der Waals surface area contributed by atoms with Crippen molar-refractivity contribution in [2.45, 2.75) is 25.3 Å². The minimum absolute atomic E-state index is 0.287. The molecule has 8 heteroatoms. The van der Waals surface area contributed by atoms with Gasteiger partial charge in [0.2, 0.25) is 0 Å². The van der Waals surface area contributed by atoms with Crippen molar-refractivity contribution in [2.24, 2.45) is 0 Å². The van der Waals surface area contributed by atoms with Gasteiger partial charge in [0.05, 0.1) is 11.7 Å². The van der Waals surface area contributed by atoms with Crippen molar-refractivity contribution in [3.8, 4) is 0 Å². The highest BCUT2D eigenvalue weighted by Crippen LogP contribution is 2.37. The lowest BCUT2D eigenvalue weighted by Crippen LogP contribution is -2.25. The molecule has 0 aliphatic heterocycles. The number of carbonyl (C=O) groups excluding carboxylic acids is 1. The van der Waals surface area contributed by atoms with E-state index in [9.17, 15) is 32.6 Å². The molecule has 2 N–H and O–H groups in total. The lowest BCUT2D eigenvalue weighted by atomic mass is 9.98. The maximum Gasteiger partial charge on any atom is 0.419 e. The molecule has 20 heavy (non-hydrogen) atoms. The summed E-state index contributed by atoms with van der Waals surface area (Å²) in [7, 11) is 0. The highest BCUT2D eigenvalue weighted by atomic mass is 32.2. The number of benzene rings is 1. The minimum Gasteiger partial charge on any atom is -0.389 e. The number of aliphatic hydroxyl groups is 2. The van der Waals surface area contributed by atoms with Crippen molar-refractivity contribution < 1.29 is 32.6 Å². The first-order valence-corrected chi connectivity index (χ1v) is 6.48. The third-order valence-electron chi connectivity index (χ3n) is 2.47. The highest BCUT2D eigenvalue weighted by Gasteiger charge is 2.39. The summed E-state index contributed by atoms with van der Waals surface area (Å²) in [5.74, 6) is -1.81. The number of thioether (sulfide) groups is 1. The molecule has 0 amide bonds. The van der Waals surface area contributed by atoms with Gasteiger partial charge in [-0.1, -0.05) is 23.9 Å². The lowest BCUT2D eigenvalue weighted by Gasteiger charge is -2.21. The molecule has 0 saturated heterocycles. The zero-order valence-corrected chi connectivity index (χ0v) is 11.1. The van der Waals surface area contributed by atoms with Crippen molar-refractivity contribution >= 4 is 16.9 Å². The summed E-state index contributed by atoms with van der Waals surface area (Å²) in [5.41, 5.74) is -2.37. The smallest absolute Gasteiger partial charge is 0.389 e. The number of carbonyl (C=O) groups is 1. The largest absolute Gasteiger partial charge is 0.419 e. The quantitative estimate of drug-likeness (QED) is 0.839. The average Bonchev–Trinajstić information content (AvgIpc) is 2.33. The van der Waals surface area contributed by atoms with Gasteiger partial charge in [-0.2, -0.15) is 13.2 Å². The first-order chi connectivity index (χ1) is 9.14. The van der Waals surface area contributed by atoms with Crippen molar-refractivity contribution in [2.75, 3.05) is 5.75 Å². The van der Waals surface area contributed by atoms with Crippen molar-refractivity contribution in [1.29, 1.82) is 0 Å². The molecular weight excluding hydrogens is 300 g/mol. The average molecular weight is 312 g/mol. The van der Waals surface area contributed by atoms with Crippen LogP contribution in [0.1, 0.15) is 24.2 Å². The van der Waals surface area contributed by atoms with Crippen LogP contribution in [0.25, 0.3) is 0 Å². The number of rotatable bonds is 4. The molecule has 0 aromatic heterocycles. The molecule has 1 aromatic rings. The number of aliphatic hydroxyl groups excluding tert-OH is 2. The molecule has 0 saturated carbocycles. The van der Waals surface area contributed by atoms with Crippen LogP contribution in [0.3, 0.4) is 0 Å². The Hall–Kier alpha value is -1.12. The van der Waals surface area contributed by atoms with Gasteiger partial charge in [-0.3, -0.25) is 4.79 Å². The zero-order chi connectivity index (χ0) is 15.5. The van der Waals surface area contributed by atoms with Crippen molar-refractivity contribution in [3.05, 3.63) is 35.1 Å². The molecule has 0 radical (unpaired) electrons. The molecule has 1 aromatic carbocycles. The monoisotopic (exact) mass is 312 g/mol. The molecular formula is C12H12F4O3S. The fourth-order valence-corrected chi connectivity index (χ4v) is 2.18. The van der Waals surface area contributed by atoms with E-state index >= 15 is 0 Å². The van der Waals surface area contributed by atoms with E-state index in [1.54, 1.807) is 0 Å². The molecule has 0 aliphatic carbocycles. The number of hydrogen-bond acceptors (Lipinski definition) is 4. The fourth-order valence-electron chi connectivity index (χ4n) is 1.59. The van der Waals surface area contributed by atoms with E-state index in [4.69, 9.17) is 0 Å². The second-order valence-corrected chi connectivity index (χ2v) is 5.21. The summed E-state index contributed by atoms with van der Waals surface area (Å²) in [4.78, 5) is 10.7. The fraction of sp³-hybridized carbons (Fsp3) is 0.417. The Kier molecular flexibility index (Phi) is 5.55. The van der Waals surface area contributed by atoms with Crippen molar-refractivity contribution in [1.82, 2.24) is 0 Å². The standard InChI is InChI=1S/C12H12F4O3S/c1-6(17)20-5-9(18)11(19)7-3-2-4-8(13)10(7)12(14,15)16/h2-4,9,11,18-19H,5H2,1H3. The van der Waals surface area contributed by atoms with Crippen LogP contribution in [0.2, 0.25) is 0 Å². The third-order valence-corrected chi connectivity index (χ3v) is 3.38. The van der Waals surface area contributed by atoms with Gasteiger partial charge in [-0.15, -0.1) is 0 Å². The van der Waals surface area contributed by atoms with Crippen LogP contribution >= 0.6 is 11.8 Å². The second kappa shape index (κ2) is 6.55. The summed E-state index contributed by atoms with van der Waals surface area (Å²) in [5, 5.41) is 19.0. The molecule has 0 spiro atoms. The third kappa shape index (κ3) is 4.19. The highest BCUT2D eigenvalue weighted by molar-refractivity contribution is 8.13. The first-order valence-electron chi connectivity index (χ1n) is 5.49. The maximum absolute atomic E-state index is 13.3. The van der Waals surface area contributed by atoms with Gasteiger partial charge >= 0.3 is 6.18 Å². The molecule has 3 nitrogen and oxygen atoms in total. The Morgan fingerprint density at radius 2 is 1.95 bits per heavy atom. The summed E-state index contributed by atoms with van der Waals surface area (Å²) in [6.07, 6.45) is -8.55. The second-order valence-electron chi connectivity index (χ2n) is 4.02. The molecule has 0 aliphatic rings. The predicted octanol–water partition coefficient (Wildman–Crippen LogP) is 2.52. The molecule has 0 fully saturated rings. The molecule has 112 valence electrons. The van der Waals surface area contributed by atoms with Gasteiger partial charge in [0.15, 0.2) is 5.12 Å². The maximum atomic E-state index is 13.3. The normalized spacial score (nSPS) is 14.9. The zero-order valence-electron chi connectivity index (χ0n) is 10.3. The predicted molar refractivity (Wildman–Crippen MR) is 65.5 cm³/mol. The summed E-state index contributed by atoms with van der Waals surface area (Å²) >= 11 is 0.656. The molecule has 1 rings (SSSR count). The van der Waals surface area contributed by atoms with Crippen LogP contribution in [-0.4, -0.2) is 27.2 Å². The van der Waals surface area contributed by atoms with Gasteiger partial charge in [-0.05, 0) is 11.6 Å². The lowest BCUT2D eigenvalue weighted by molar-refractivity contribution is -0.142. The van der Waals surface area contributed by atoms with Crippen LogP contribution in [-0.2, 0) is 11.0 Å². The number of alkyl halides is 3. The van der Waals surface area contributed by atoms with Crippen LogP contribution in [0, 0.1) is 5.82 Å². The Morgan fingerprint density at radius 1 is 1.35 bits per heavy atom.